The first-order chi connectivity index (χ1) is 9.54. The van der Waals surface area contributed by atoms with Crippen molar-refractivity contribution in [3.63, 3.8) is 0 Å². The molecular weight excluding hydrogens is 274 g/mol. The number of benzene rings is 1. The molecule has 0 atom stereocenters. The van der Waals surface area contributed by atoms with Crippen LogP contribution in [0.25, 0.3) is 10.2 Å². The third-order valence-corrected chi connectivity index (χ3v) is 4.05. The van der Waals surface area contributed by atoms with Gasteiger partial charge in [-0.15, -0.1) is 0 Å². The number of nitrogen functional groups attached to an aromatic ring is 1. The van der Waals surface area contributed by atoms with Gasteiger partial charge in [-0.1, -0.05) is 11.3 Å². The molecule has 0 bridgehead atoms. The third kappa shape index (κ3) is 2.12. The molecule has 0 saturated heterocycles. The molecule has 0 fully saturated rings. The molecule has 0 aliphatic heterocycles. The van der Waals surface area contributed by atoms with Crippen LogP contribution in [0.4, 0.5) is 10.8 Å². The van der Waals surface area contributed by atoms with Gasteiger partial charge in [0.1, 0.15) is 0 Å². The molecule has 0 aliphatic rings. The van der Waals surface area contributed by atoms with Crippen LogP contribution in [-0.4, -0.2) is 20.7 Å². The van der Waals surface area contributed by atoms with E-state index in [1.54, 1.807) is 24.0 Å². The molecule has 20 heavy (non-hydrogen) atoms. The van der Waals surface area contributed by atoms with E-state index in [1.165, 1.54) is 11.3 Å². The number of amides is 1. The lowest BCUT2D eigenvalue weighted by atomic mass is 10.2. The molecule has 2 heterocycles. The number of hydrogen-bond acceptors (Lipinski definition) is 5. The number of aryl methyl sites for hydroxylation is 1. The fraction of sp³-hybridized carbons (Fsp3) is 0.154. The molecule has 0 aliphatic carbocycles. The molecule has 3 N–H and O–H groups in total. The van der Waals surface area contributed by atoms with Gasteiger partial charge in [-0.2, -0.15) is 5.10 Å². The van der Waals surface area contributed by atoms with Crippen molar-refractivity contribution in [2.24, 2.45) is 7.05 Å². The van der Waals surface area contributed by atoms with Gasteiger partial charge in [-0.05, 0) is 25.1 Å². The van der Waals surface area contributed by atoms with Crippen LogP contribution in [0, 0.1) is 6.92 Å². The van der Waals surface area contributed by atoms with Gasteiger partial charge < -0.3 is 5.73 Å². The molecule has 2 aromatic heterocycles. The van der Waals surface area contributed by atoms with Crippen LogP contribution in [0.1, 0.15) is 16.1 Å². The zero-order valence-electron chi connectivity index (χ0n) is 11.0. The highest BCUT2D eigenvalue weighted by atomic mass is 32.1. The van der Waals surface area contributed by atoms with Crippen LogP contribution in [0.2, 0.25) is 0 Å². The Morgan fingerprint density at radius 2 is 2.25 bits per heavy atom. The predicted octanol–water partition coefficient (Wildman–Crippen LogP) is 2.17. The highest BCUT2D eigenvalue weighted by Gasteiger charge is 2.14. The smallest absolute Gasteiger partial charge is 0.260 e. The zero-order valence-corrected chi connectivity index (χ0v) is 11.9. The normalized spacial score (nSPS) is 10.9. The standard InChI is InChI=1S/C13H13N5OS/c1-7-9(6-15-18(7)2)12(19)17-13-16-10-4-3-8(14)5-11(10)20-13/h3-6H,14H2,1-2H3,(H,16,17,19). The molecule has 3 aromatic rings. The van der Waals surface area contributed by atoms with Crippen LogP contribution in [-0.2, 0) is 7.05 Å². The van der Waals surface area contributed by atoms with Gasteiger partial charge in [0.15, 0.2) is 5.13 Å². The third-order valence-electron chi connectivity index (χ3n) is 3.11. The second-order valence-electron chi connectivity index (χ2n) is 4.47. The Morgan fingerprint density at radius 1 is 1.45 bits per heavy atom. The zero-order chi connectivity index (χ0) is 14.3. The van der Waals surface area contributed by atoms with E-state index in [2.05, 4.69) is 15.4 Å². The largest absolute Gasteiger partial charge is 0.399 e. The number of fused-ring (bicyclic) bond motifs is 1. The maximum absolute atomic E-state index is 12.2. The number of hydrogen-bond donors (Lipinski definition) is 2. The number of nitrogens with zero attached hydrogens (tertiary/aromatic N) is 3. The summed E-state index contributed by atoms with van der Waals surface area (Å²) < 4.78 is 2.61. The number of anilines is 2. The minimum atomic E-state index is -0.206. The Hall–Kier alpha value is -2.41. The van der Waals surface area contributed by atoms with Gasteiger partial charge in [-0.3, -0.25) is 14.8 Å². The van der Waals surface area contributed by atoms with Crippen molar-refractivity contribution >= 4 is 38.3 Å². The van der Waals surface area contributed by atoms with E-state index >= 15 is 0 Å². The molecule has 102 valence electrons. The first kappa shape index (κ1) is 12.6. The summed E-state index contributed by atoms with van der Waals surface area (Å²) >= 11 is 1.40. The number of carbonyl (C=O) groups is 1. The molecule has 3 rings (SSSR count). The monoisotopic (exact) mass is 287 g/mol. The highest BCUT2D eigenvalue weighted by molar-refractivity contribution is 7.22. The van der Waals surface area contributed by atoms with Gasteiger partial charge in [0, 0.05) is 18.4 Å². The molecule has 0 spiro atoms. The number of aromatic nitrogens is 3. The number of nitrogens with two attached hydrogens (primary N) is 1. The van der Waals surface area contributed by atoms with Crippen molar-refractivity contribution in [2.45, 2.75) is 6.92 Å². The molecular formula is C13H13N5OS. The van der Waals surface area contributed by atoms with E-state index in [1.807, 2.05) is 19.1 Å². The number of nitrogens with one attached hydrogen (secondary N) is 1. The molecule has 1 aromatic carbocycles. The van der Waals surface area contributed by atoms with Crippen LogP contribution in [0.15, 0.2) is 24.4 Å². The van der Waals surface area contributed by atoms with E-state index in [9.17, 15) is 4.79 Å². The summed E-state index contributed by atoms with van der Waals surface area (Å²) in [6.45, 7) is 1.85. The molecule has 0 unspecified atom stereocenters. The Labute approximate surface area is 119 Å². The summed E-state index contributed by atoms with van der Waals surface area (Å²) in [6.07, 6.45) is 1.55. The Morgan fingerprint density at radius 3 is 2.95 bits per heavy atom. The van der Waals surface area contributed by atoms with Crippen LogP contribution in [0.5, 0.6) is 0 Å². The highest BCUT2D eigenvalue weighted by Crippen LogP contribution is 2.27. The van der Waals surface area contributed by atoms with Gasteiger partial charge >= 0.3 is 0 Å². The van der Waals surface area contributed by atoms with E-state index in [-0.39, 0.29) is 5.91 Å². The van der Waals surface area contributed by atoms with Crippen molar-refractivity contribution in [3.8, 4) is 0 Å². The molecule has 1 amide bonds. The molecule has 0 radical (unpaired) electrons. The summed E-state index contributed by atoms with van der Waals surface area (Å²) in [5.74, 6) is -0.206. The fourth-order valence-electron chi connectivity index (χ4n) is 1.88. The second-order valence-corrected chi connectivity index (χ2v) is 5.50. The van der Waals surface area contributed by atoms with Crippen molar-refractivity contribution < 1.29 is 4.79 Å². The van der Waals surface area contributed by atoms with Gasteiger partial charge in [0.2, 0.25) is 0 Å². The van der Waals surface area contributed by atoms with Crippen molar-refractivity contribution in [2.75, 3.05) is 11.1 Å². The summed E-state index contributed by atoms with van der Waals surface area (Å²) in [5, 5.41) is 7.41. The van der Waals surface area contributed by atoms with Crippen molar-refractivity contribution in [3.05, 3.63) is 35.7 Å². The van der Waals surface area contributed by atoms with Crippen molar-refractivity contribution in [1.29, 1.82) is 0 Å². The molecule has 6 nitrogen and oxygen atoms in total. The quantitative estimate of drug-likeness (QED) is 0.707. The van der Waals surface area contributed by atoms with E-state index in [0.717, 1.165) is 15.9 Å². The van der Waals surface area contributed by atoms with E-state index < -0.39 is 0 Å². The maximum Gasteiger partial charge on any atom is 0.260 e. The first-order valence-electron chi connectivity index (χ1n) is 6.00. The number of rotatable bonds is 2. The molecule has 7 heteroatoms. The van der Waals surface area contributed by atoms with Gasteiger partial charge in [0.05, 0.1) is 22.0 Å². The lowest BCUT2D eigenvalue weighted by Gasteiger charge is -2.00. The Balaban J connectivity index is 1.89. The summed E-state index contributed by atoms with van der Waals surface area (Å²) in [5.41, 5.74) is 8.59. The fourth-order valence-corrected chi connectivity index (χ4v) is 2.79. The minimum absolute atomic E-state index is 0.206. The van der Waals surface area contributed by atoms with Crippen molar-refractivity contribution in [1.82, 2.24) is 14.8 Å². The van der Waals surface area contributed by atoms with E-state index in [0.29, 0.717) is 16.4 Å². The SMILES string of the molecule is Cc1c(C(=O)Nc2nc3ccc(N)cc3s2)cnn1C. The van der Waals surface area contributed by atoms with Gasteiger partial charge in [0.25, 0.3) is 5.91 Å². The van der Waals surface area contributed by atoms with Gasteiger partial charge in [-0.25, -0.2) is 4.98 Å². The predicted molar refractivity (Wildman–Crippen MR) is 79.9 cm³/mol. The van der Waals surface area contributed by atoms with Crippen LogP contribution in [0.3, 0.4) is 0 Å². The number of thiazole rings is 1. The topological polar surface area (TPSA) is 85.8 Å². The lowest BCUT2D eigenvalue weighted by molar-refractivity contribution is 0.102. The molecule has 0 saturated carbocycles. The van der Waals surface area contributed by atoms with Crippen LogP contribution < -0.4 is 11.1 Å². The average Bonchev–Trinajstić information content (AvgIpc) is 2.93. The maximum atomic E-state index is 12.2. The second kappa shape index (κ2) is 4.61. The van der Waals surface area contributed by atoms with E-state index in [4.69, 9.17) is 5.73 Å². The Kier molecular flexibility index (Phi) is 2.90. The lowest BCUT2D eigenvalue weighted by Crippen LogP contribution is -2.12. The summed E-state index contributed by atoms with van der Waals surface area (Å²) in [7, 11) is 1.80. The summed E-state index contributed by atoms with van der Waals surface area (Å²) in [4.78, 5) is 16.5. The average molecular weight is 287 g/mol. The summed E-state index contributed by atoms with van der Waals surface area (Å²) in [6, 6.07) is 5.48. The minimum Gasteiger partial charge on any atom is -0.399 e. The Bertz CT molecular complexity index is 804. The number of carbonyl (C=O) groups excluding carboxylic acids is 1. The first-order valence-corrected chi connectivity index (χ1v) is 6.82. The van der Waals surface area contributed by atoms with Crippen LogP contribution >= 0.6 is 11.3 Å².